The molecule has 0 aliphatic carbocycles. The van der Waals surface area contributed by atoms with E-state index < -0.39 is 12.0 Å². The normalized spacial score (nSPS) is 13.4. The fourth-order valence-corrected chi connectivity index (χ4v) is 0.791. The van der Waals surface area contributed by atoms with Gasteiger partial charge in [-0.1, -0.05) is 19.3 Å². The van der Waals surface area contributed by atoms with Crippen molar-refractivity contribution in [2.24, 2.45) is 0 Å². The minimum absolute atomic E-state index is 0.292. The monoisotopic (exact) mass is 176 g/mol. The number of aliphatic hydroxyl groups is 1. The minimum Gasteiger partial charge on any atom is -0.374 e. The molecule has 0 aromatic heterocycles. The van der Waals surface area contributed by atoms with E-state index >= 15 is 0 Å². The van der Waals surface area contributed by atoms with Gasteiger partial charge >= 0.3 is 0 Å². The molecule has 0 amide bonds. The van der Waals surface area contributed by atoms with E-state index in [4.69, 9.17) is 5.11 Å². The topological polar surface area (TPSA) is 20.2 Å². The molecule has 0 saturated carbocycles. The van der Waals surface area contributed by atoms with Crippen LogP contribution in [-0.2, 0) is 0 Å². The summed E-state index contributed by atoms with van der Waals surface area (Å²) >= 11 is 0. The summed E-state index contributed by atoms with van der Waals surface area (Å²) in [7, 11) is 0. The fraction of sp³-hybridized carbons (Fsp3) is 0.778. The average molecular weight is 176 g/mol. The Bertz CT molecular complexity index is 179. The van der Waals surface area contributed by atoms with Crippen LogP contribution in [0.1, 0.15) is 33.1 Å². The highest BCUT2D eigenvalue weighted by Gasteiger charge is 2.36. The van der Waals surface area contributed by atoms with Gasteiger partial charge in [-0.25, -0.2) is 8.78 Å². The van der Waals surface area contributed by atoms with E-state index in [0.717, 1.165) is 0 Å². The Morgan fingerprint density at radius 1 is 1.50 bits per heavy atom. The Labute approximate surface area is 71.8 Å². The van der Waals surface area contributed by atoms with Crippen molar-refractivity contribution < 1.29 is 13.9 Å². The molecule has 0 saturated heterocycles. The Morgan fingerprint density at radius 3 is 2.50 bits per heavy atom. The number of unbranched alkanes of at least 4 members (excludes halogenated alkanes) is 1. The first kappa shape index (κ1) is 11.4. The summed E-state index contributed by atoms with van der Waals surface area (Å²) in [5.41, 5.74) is 0. The third-order valence-electron chi connectivity index (χ3n) is 1.54. The second-order valence-corrected chi connectivity index (χ2v) is 2.66. The highest BCUT2D eigenvalue weighted by atomic mass is 19.3. The summed E-state index contributed by atoms with van der Waals surface area (Å²) in [4.78, 5) is 0. The average Bonchev–Trinajstić information content (AvgIpc) is 2.01. The maximum Gasteiger partial charge on any atom is 0.284 e. The molecular formula is C9H14F2O. The van der Waals surface area contributed by atoms with Crippen molar-refractivity contribution in [2.45, 2.75) is 45.1 Å². The maximum absolute atomic E-state index is 12.8. The predicted octanol–water partition coefficient (Wildman–Crippen LogP) is 2.20. The van der Waals surface area contributed by atoms with Gasteiger partial charge in [-0.15, -0.1) is 5.92 Å². The quantitative estimate of drug-likeness (QED) is 0.651. The molecule has 70 valence electrons. The molecule has 0 aromatic carbocycles. The molecule has 0 aliphatic rings. The number of hydrogen-bond acceptors (Lipinski definition) is 1. The van der Waals surface area contributed by atoms with E-state index in [0.29, 0.717) is 12.8 Å². The van der Waals surface area contributed by atoms with Crippen LogP contribution in [0.3, 0.4) is 0 Å². The van der Waals surface area contributed by atoms with E-state index in [-0.39, 0.29) is 6.42 Å². The van der Waals surface area contributed by atoms with E-state index in [1.165, 1.54) is 6.92 Å². The Morgan fingerprint density at radius 2 is 2.08 bits per heavy atom. The molecule has 0 rings (SSSR count). The Kier molecular flexibility index (Phi) is 4.84. The van der Waals surface area contributed by atoms with Crippen LogP contribution < -0.4 is 0 Å². The van der Waals surface area contributed by atoms with E-state index in [2.05, 4.69) is 11.8 Å². The summed E-state index contributed by atoms with van der Waals surface area (Å²) in [5, 5.41) is 8.88. The molecule has 0 aromatic rings. The second kappa shape index (κ2) is 5.10. The van der Waals surface area contributed by atoms with Gasteiger partial charge in [0.05, 0.1) is 0 Å². The molecule has 0 radical (unpaired) electrons. The molecule has 0 aliphatic heterocycles. The van der Waals surface area contributed by atoms with Crippen molar-refractivity contribution in [3.05, 3.63) is 0 Å². The van der Waals surface area contributed by atoms with Gasteiger partial charge in [-0.3, -0.25) is 0 Å². The zero-order valence-corrected chi connectivity index (χ0v) is 7.40. The van der Waals surface area contributed by atoms with Gasteiger partial charge in [-0.2, -0.15) is 0 Å². The molecule has 1 N–H and O–H groups in total. The van der Waals surface area contributed by atoms with Crippen LogP contribution in [0.25, 0.3) is 0 Å². The van der Waals surface area contributed by atoms with Gasteiger partial charge in [0.25, 0.3) is 5.92 Å². The number of alkyl halides is 2. The van der Waals surface area contributed by atoms with Crippen LogP contribution in [0, 0.1) is 11.8 Å². The van der Waals surface area contributed by atoms with Crippen LogP contribution >= 0.6 is 0 Å². The van der Waals surface area contributed by atoms with Crippen molar-refractivity contribution in [1.82, 2.24) is 0 Å². The molecule has 12 heavy (non-hydrogen) atoms. The van der Waals surface area contributed by atoms with E-state index in [1.807, 2.05) is 6.92 Å². The molecular weight excluding hydrogens is 162 g/mol. The smallest absolute Gasteiger partial charge is 0.284 e. The lowest BCUT2D eigenvalue weighted by Gasteiger charge is -2.17. The minimum atomic E-state index is -3.06. The standard InChI is InChI=1S/C9H14F2O/c1-3-5-7-9(10,11)8(12)6-4-2/h8,12H,3,5,7H2,1-2H3/t8-/m0/s1. The zero-order chi connectivity index (χ0) is 9.61. The highest BCUT2D eigenvalue weighted by Crippen LogP contribution is 2.24. The largest absolute Gasteiger partial charge is 0.374 e. The van der Waals surface area contributed by atoms with Crippen molar-refractivity contribution in [2.75, 3.05) is 0 Å². The van der Waals surface area contributed by atoms with E-state index in [9.17, 15) is 8.78 Å². The van der Waals surface area contributed by atoms with Crippen LogP contribution in [0.5, 0.6) is 0 Å². The first-order valence-electron chi connectivity index (χ1n) is 4.02. The van der Waals surface area contributed by atoms with Crippen molar-refractivity contribution >= 4 is 0 Å². The lowest BCUT2D eigenvalue weighted by atomic mass is 10.1. The molecule has 0 unspecified atom stereocenters. The van der Waals surface area contributed by atoms with Gasteiger partial charge < -0.3 is 5.11 Å². The summed E-state index contributed by atoms with van der Waals surface area (Å²) in [6.45, 7) is 3.26. The van der Waals surface area contributed by atoms with Crippen molar-refractivity contribution in [1.29, 1.82) is 0 Å². The van der Waals surface area contributed by atoms with Gasteiger partial charge in [-0.05, 0) is 13.3 Å². The third-order valence-corrected chi connectivity index (χ3v) is 1.54. The lowest BCUT2D eigenvalue weighted by molar-refractivity contribution is -0.0888. The molecule has 1 nitrogen and oxygen atoms in total. The lowest BCUT2D eigenvalue weighted by Crippen LogP contribution is -2.32. The number of aliphatic hydroxyl groups excluding tert-OH is 1. The number of hydrogen-bond donors (Lipinski definition) is 1. The molecule has 0 bridgehead atoms. The fourth-order valence-electron chi connectivity index (χ4n) is 0.791. The van der Waals surface area contributed by atoms with Crippen LogP contribution in [-0.4, -0.2) is 17.1 Å². The third kappa shape index (κ3) is 3.68. The Balaban J connectivity index is 4.05. The summed E-state index contributed by atoms with van der Waals surface area (Å²) in [6.07, 6.45) is -0.995. The molecule has 1 atom stereocenters. The van der Waals surface area contributed by atoms with Crippen molar-refractivity contribution in [3.63, 3.8) is 0 Å². The predicted molar refractivity (Wildman–Crippen MR) is 43.9 cm³/mol. The van der Waals surface area contributed by atoms with Crippen molar-refractivity contribution in [3.8, 4) is 11.8 Å². The molecule has 0 heterocycles. The van der Waals surface area contributed by atoms with Crippen LogP contribution in [0.4, 0.5) is 8.78 Å². The Hall–Kier alpha value is -0.620. The van der Waals surface area contributed by atoms with Gasteiger partial charge in [0.1, 0.15) is 0 Å². The van der Waals surface area contributed by atoms with Gasteiger partial charge in [0, 0.05) is 6.42 Å². The molecule has 3 heteroatoms. The maximum atomic E-state index is 12.8. The summed E-state index contributed by atoms with van der Waals surface area (Å²) in [6, 6.07) is 0. The number of halogens is 2. The summed E-state index contributed by atoms with van der Waals surface area (Å²) < 4.78 is 25.7. The number of rotatable bonds is 4. The van der Waals surface area contributed by atoms with Gasteiger partial charge in [0.15, 0.2) is 6.10 Å². The zero-order valence-electron chi connectivity index (χ0n) is 7.40. The van der Waals surface area contributed by atoms with Crippen LogP contribution in [0.15, 0.2) is 0 Å². The van der Waals surface area contributed by atoms with Crippen LogP contribution in [0.2, 0.25) is 0 Å². The highest BCUT2D eigenvalue weighted by molar-refractivity contribution is 5.06. The SMILES string of the molecule is CC#C[C@H](O)C(F)(F)CCCC. The first-order valence-corrected chi connectivity index (χ1v) is 4.02. The molecule has 0 spiro atoms. The second-order valence-electron chi connectivity index (χ2n) is 2.66. The van der Waals surface area contributed by atoms with E-state index in [1.54, 1.807) is 0 Å². The van der Waals surface area contributed by atoms with Gasteiger partial charge in [0.2, 0.25) is 0 Å². The summed E-state index contributed by atoms with van der Waals surface area (Å²) in [5.74, 6) is 1.26. The molecule has 0 fully saturated rings. The first-order chi connectivity index (χ1) is 5.54.